The van der Waals surface area contributed by atoms with Crippen molar-refractivity contribution in [2.45, 2.75) is 46.2 Å². The van der Waals surface area contributed by atoms with Gasteiger partial charge in [0.15, 0.2) is 0 Å². The molecule has 2 aromatic carbocycles. The van der Waals surface area contributed by atoms with Gasteiger partial charge in [-0.1, -0.05) is 55.1 Å². The van der Waals surface area contributed by atoms with Crippen LogP contribution in [0.3, 0.4) is 0 Å². The van der Waals surface area contributed by atoms with E-state index in [2.05, 4.69) is 16.9 Å². The number of halogens is 2. The van der Waals surface area contributed by atoms with Crippen LogP contribution in [-0.2, 0) is 17.9 Å². The van der Waals surface area contributed by atoms with Crippen LogP contribution in [0.4, 0.5) is 4.79 Å². The maximum atomic E-state index is 13.0. The van der Waals surface area contributed by atoms with E-state index in [1.807, 2.05) is 25.1 Å². The Bertz CT molecular complexity index is 1150. The predicted molar refractivity (Wildman–Crippen MR) is 129 cm³/mol. The molecule has 1 aromatic heterocycles. The zero-order valence-electron chi connectivity index (χ0n) is 18.7. The highest BCUT2D eigenvalue weighted by Gasteiger charge is 2.36. The molecule has 0 unspecified atom stereocenters. The number of imidazole rings is 1. The molecule has 0 spiro atoms. The Kier molecular flexibility index (Phi) is 7.10. The van der Waals surface area contributed by atoms with Crippen LogP contribution in [0, 0.1) is 6.92 Å². The molecule has 1 N–H and O–H groups in total. The van der Waals surface area contributed by atoms with Crippen LogP contribution >= 0.6 is 23.2 Å². The minimum absolute atomic E-state index is 0.0138. The third-order valence-electron chi connectivity index (χ3n) is 5.60. The quantitative estimate of drug-likeness (QED) is 0.309. The lowest BCUT2D eigenvalue weighted by molar-refractivity contribution is -0.125. The van der Waals surface area contributed by atoms with Crippen LogP contribution in [-0.4, -0.2) is 44.9 Å². The summed E-state index contributed by atoms with van der Waals surface area (Å²) in [6, 6.07) is 8.89. The first-order valence-electron chi connectivity index (χ1n) is 11.0. The van der Waals surface area contributed by atoms with Gasteiger partial charge < -0.3 is 14.6 Å². The third-order valence-corrected chi connectivity index (χ3v) is 6.32. The first-order chi connectivity index (χ1) is 15.9. The number of unbranched alkanes of at least 4 members (excludes halogenated alkanes) is 2. The summed E-state index contributed by atoms with van der Waals surface area (Å²) in [5.41, 5.74) is 3.28. The Morgan fingerprint density at radius 3 is 2.67 bits per heavy atom. The maximum Gasteiger partial charge on any atom is 0.327 e. The van der Waals surface area contributed by atoms with Gasteiger partial charge >= 0.3 is 6.03 Å². The average Bonchev–Trinajstić information content (AvgIpc) is 3.28. The molecule has 33 heavy (non-hydrogen) atoms. The number of rotatable bonds is 9. The number of aromatic amines is 1. The van der Waals surface area contributed by atoms with Crippen molar-refractivity contribution < 1.29 is 14.3 Å². The number of imide groups is 1. The van der Waals surface area contributed by atoms with Gasteiger partial charge in [-0.3, -0.25) is 9.69 Å². The van der Waals surface area contributed by atoms with Crippen molar-refractivity contribution in [2.75, 3.05) is 13.2 Å². The highest BCUT2D eigenvalue weighted by molar-refractivity contribution is 6.42. The molecule has 2 heterocycles. The van der Waals surface area contributed by atoms with E-state index in [-0.39, 0.29) is 25.0 Å². The van der Waals surface area contributed by atoms with Gasteiger partial charge in [-0.25, -0.2) is 9.78 Å². The Balaban J connectivity index is 1.46. The Labute approximate surface area is 202 Å². The largest absolute Gasteiger partial charge is 0.493 e. The van der Waals surface area contributed by atoms with E-state index in [0.717, 1.165) is 36.1 Å². The smallest absolute Gasteiger partial charge is 0.327 e. The van der Waals surface area contributed by atoms with E-state index >= 15 is 0 Å². The number of carbonyl (C=O) groups is 2. The number of aromatic nitrogens is 2. The molecule has 0 atom stereocenters. The van der Waals surface area contributed by atoms with Gasteiger partial charge in [0.2, 0.25) is 0 Å². The predicted octanol–water partition coefficient (Wildman–Crippen LogP) is 5.71. The first-order valence-corrected chi connectivity index (χ1v) is 11.8. The first kappa shape index (κ1) is 23.4. The van der Waals surface area contributed by atoms with Gasteiger partial charge in [0, 0.05) is 5.56 Å². The summed E-state index contributed by atoms with van der Waals surface area (Å²) in [5, 5.41) is 0.803. The summed E-state index contributed by atoms with van der Waals surface area (Å²) < 4.78 is 5.99. The standard InChI is InChI=1S/C24H26Cl2N4O3/c1-3-4-5-8-33-21-9-15(2)6-7-16(21)12-29-14-23(31)30(24(29)32)13-22-27-19-10-17(25)18(26)11-20(19)28-22/h6-7,9-11H,3-5,8,12-14H2,1-2H3,(H,27,28). The van der Waals surface area contributed by atoms with Crippen LogP contribution in [0.2, 0.25) is 10.0 Å². The Morgan fingerprint density at radius 2 is 1.88 bits per heavy atom. The van der Waals surface area contributed by atoms with E-state index in [9.17, 15) is 9.59 Å². The second-order valence-corrected chi connectivity index (χ2v) is 9.07. The summed E-state index contributed by atoms with van der Waals surface area (Å²) in [5.74, 6) is 0.979. The molecule has 1 fully saturated rings. The van der Waals surface area contributed by atoms with Crippen molar-refractivity contribution in [3.05, 3.63) is 57.3 Å². The molecule has 1 saturated heterocycles. The van der Waals surface area contributed by atoms with Crippen LogP contribution in [0.15, 0.2) is 30.3 Å². The summed E-state index contributed by atoms with van der Waals surface area (Å²) in [7, 11) is 0. The van der Waals surface area contributed by atoms with Crippen molar-refractivity contribution in [2.24, 2.45) is 0 Å². The van der Waals surface area contributed by atoms with E-state index in [4.69, 9.17) is 27.9 Å². The van der Waals surface area contributed by atoms with Crippen LogP contribution < -0.4 is 4.74 Å². The average molecular weight is 489 g/mol. The molecular formula is C24H26Cl2N4O3. The monoisotopic (exact) mass is 488 g/mol. The summed E-state index contributed by atoms with van der Waals surface area (Å²) >= 11 is 12.1. The SMILES string of the molecule is CCCCCOc1cc(C)ccc1CN1CC(=O)N(Cc2nc3cc(Cl)c(Cl)cc3[nH]2)C1=O. The van der Waals surface area contributed by atoms with E-state index < -0.39 is 0 Å². The fourth-order valence-corrected chi connectivity index (χ4v) is 4.14. The topological polar surface area (TPSA) is 78.5 Å². The molecule has 4 rings (SSSR count). The molecule has 3 aromatic rings. The molecule has 1 aliphatic rings. The minimum atomic E-state index is -0.353. The second-order valence-electron chi connectivity index (χ2n) is 8.25. The lowest BCUT2D eigenvalue weighted by Gasteiger charge is -2.19. The molecule has 0 radical (unpaired) electrons. The van der Waals surface area contributed by atoms with Crippen LogP contribution in [0.5, 0.6) is 5.75 Å². The lowest BCUT2D eigenvalue weighted by atomic mass is 10.1. The molecule has 0 aliphatic carbocycles. The Morgan fingerprint density at radius 1 is 1.09 bits per heavy atom. The number of nitrogens with zero attached hydrogens (tertiary/aromatic N) is 3. The number of urea groups is 1. The molecule has 9 heteroatoms. The zero-order valence-corrected chi connectivity index (χ0v) is 20.2. The number of fused-ring (bicyclic) bond motifs is 1. The molecular weight excluding hydrogens is 463 g/mol. The van der Waals surface area contributed by atoms with Gasteiger partial charge in [-0.2, -0.15) is 0 Å². The number of H-pyrrole nitrogens is 1. The summed E-state index contributed by atoms with van der Waals surface area (Å²) in [4.78, 5) is 36.0. The number of benzene rings is 2. The number of ether oxygens (including phenoxy) is 1. The molecule has 174 valence electrons. The van der Waals surface area contributed by atoms with E-state index in [1.54, 1.807) is 12.1 Å². The number of nitrogens with one attached hydrogen (secondary N) is 1. The number of hydrogen-bond donors (Lipinski definition) is 1. The third kappa shape index (κ3) is 5.25. The summed E-state index contributed by atoms with van der Waals surface area (Å²) in [6.07, 6.45) is 3.21. The van der Waals surface area contributed by atoms with Crippen molar-refractivity contribution >= 4 is 46.2 Å². The number of carbonyl (C=O) groups excluding carboxylic acids is 2. The van der Waals surface area contributed by atoms with Crippen molar-refractivity contribution in [1.82, 2.24) is 19.8 Å². The second kappa shape index (κ2) is 10.0. The Hall–Kier alpha value is -2.77. The fraction of sp³-hybridized carbons (Fsp3) is 0.375. The van der Waals surface area contributed by atoms with E-state index in [1.165, 1.54) is 9.80 Å². The fourth-order valence-electron chi connectivity index (χ4n) is 3.82. The zero-order chi connectivity index (χ0) is 23.5. The van der Waals surface area contributed by atoms with Crippen LogP contribution in [0.25, 0.3) is 11.0 Å². The number of hydrogen-bond acceptors (Lipinski definition) is 4. The lowest BCUT2D eigenvalue weighted by Crippen LogP contribution is -2.32. The highest BCUT2D eigenvalue weighted by atomic mass is 35.5. The molecule has 1 aliphatic heterocycles. The van der Waals surface area contributed by atoms with E-state index in [0.29, 0.717) is 40.1 Å². The van der Waals surface area contributed by atoms with Crippen molar-refractivity contribution in [3.8, 4) is 5.75 Å². The van der Waals surface area contributed by atoms with Crippen molar-refractivity contribution in [3.63, 3.8) is 0 Å². The summed E-state index contributed by atoms with van der Waals surface area (Å²) in [6.45, 7) is 5.14. The normalized spacial score (nSPS) is 14.1. The molecule has 0 saturated carbocycles. The molecule has 0 bridgehead atoms. The molecule has 3 amide bonds. The molecule has 7 nitrogen and oxygen atoms in total. The van der Waals surface area contributed by atoms with Gasteiger partial charge in [0.05, 0.1) is 40.8 Å². The van der Waals surface area contributed by atoms with Gasteiger partial charge in [0.25, 0.3) is 5.91 Å². The van der Waals surface area contributed by atoms with Crippen molar-refractivity contribution in [1.29, 1.82) is 0 Å². The van der Waals surface area contributed by atoms with Crippen LogP contribution in [0.1, 0.15) is 43.1 Å². The van der Waals surface area contributed by atoms with Gasteiger partial charge in [0.1, 0.15) is 18.1 Å². The number of aryl methyl sites for hydroxylation is 1. The maximum absolute atomic E-state index is 13.0. The van der Waals surface area contributed by atoms with Gasteiger partial charge in [-0.15, -0.1) is 0 Å². The minimum Gasteiger partial charge on any atom is -0.493 e. The highest BCUT2D eigenvalue weighted by Crippen LogP contribution is 2.28. The number of amides is 3. The van der Waals surface area contributed by atoms with Gasteiger partial charge in [-0.05, 0) is 37.1 Å².